The zero-order valence-electron chi connectivity index (χ0n) is 15.7. The molecule has 144 valence electrons. The van der Waals surface area contributed by atoms with E-state index in [9.17, 15) is 9.59 Å². The van der Waals surface area contributed by atoms with Gasteiger partial charge in [0, 0.05) is 17.3 Å². The third-order valence-corrected chi connectivity index (χ3v) is 4.15. The van der Waals surface area contributed by atoms with Gasteiger partial charge in [-0.3, -0.25) is 4.79 Å². The molecule has 0 heterocycles. The van der Waals surface area contributed by atoms with Crippen LogP contribution in [0.2, 0.25) is 0 Å². The first-order valence-electron chi connectivity index (χ1n) is 8.81. The Bertz CT molecular complexity index is 1040. The van der Waals surface area contributed by atoms with Gasteiger partial charge >= 0.3 is 5.97 Å². The summed E-state index contributed by atoms with van der Waals surface area (Å²) >= 11 is 0. The topological polar surface area (TPSA) is 88.4 Å². The molecule has 29 heavy (non-hydrogen) atoms. The minimum atomic E-state index is -1.15. The van der Waals surface area contributed by atoms with E-state index in [2.05, 4.69) is 5.32 Å². The molecule has 0 bridgehead atoms. The molecule has 0 saturated heterocycles. The summed E-state index contributed by atoms with van der Waals surface area (Å²) in [5.41, 5.74) is 1.73. The maximum absolute atomic E-state index is 12.9. The number of methoxy groups -OCH3 is 1. The first-order valence-corrected chi connectivity index (χ1v) is 8.81. The molecule has 3 aromatic rings. The van der Waals surface area contributed by atoms with E-state index in [0.717, 1.165) is 0 Å². The fourth-order valence-corrected chi connectivity index (χ4v) is 2.67. The van der Waals surface area contributed by atoms with E-state index >= 15 is 0 Å². The number of hydrogen-bond acceptors (Lipinski definition) is 5. The van der Waals surface area contributed by atoms with Gasteiger partial charge in [0.1, 0.15) is 5.75 Å². The first-order chi connectivity index (χ1) is 14.1. The predicted molar refractivity (Wildman–Crippen MR) is 107 cm³/mol. The van der Waals surface area contributed by atoms with Crippen molar-refractivity contribution in [3.63, 3.8) is 0 Å². The highest BCUT2D eigenvalue weighted by Crippen LogP contribution is 2.23. The summed E-state index contributed by atoms with van der Waals surface area (Å²) in [5.74, 6) is -0.566. The van der Waals surface area contributed by atoms with E-state index in [1.807, 2.05) is 12.1 Å². The number of nitriles is 1. The quantitative estimate of drug-likeness (QED) is 0.644. The Hall–Kier alpha value is -4.11. The minimum Gasteiger partial charge on any atom is -0.497 e. The maximum atomic E-state index is 12.9. The Balaban J connectivity index is 1.83. The molecule has 0 aromatic heterocycles. The highest BCUT2D eigenvalue weighted by molar-refractivity contribution is 5.98. The zero-order valence-corrected chi connectivity index (χ0v) is 15.7. The SMILES string of the molecule is COc1cccc(NC(=O)[C@@H](OC(=O)c2ccc(C#N)cc2)c2ccccc2)c1. The third kappa shape index (κ3) is 4.99. The molecule has 6 heteroatoms. The monoisotopic (exact) mass is 386 g/mol. The van der Waals surface area contributed by atoms with Crippen molar-refractivity contribution in [1.29, 1.82) is 5.26 Å². The normalized spacial score (nSPS) is 11.0. The fraction of sp³-hybridized carbons (Fsp3) is 0.0870. The number of rotatable bonds is 6. The lowest BCUT2D eigenvalue weighted by molar-refractivity contribution is -0.125. The van der Waals surface area contributed by atoms with Crippen molar-refractivity contribution in [2.45, 2.75) is 6.10 Å². The highest BCUT2D eigenvalue weighted by atomic mass is 16.5. The second-order valence-corrected chi connectivity index (χ2v) is 6.11. The zero-order chi connectivity index (χ0) is 20.6. The molecule has 0 aliphatic carbocycles. The summed E-state index contributed by atoms with van der Waals surface area (Å²) in [6, 6.07) is 23.6. The second-order valence-electron chi connectivity index (χ2n) is 6.11. The van der Waals surface area contributed by atoms with Crippen molar-refractivity contribution in [3.05, 3.63) is 95.6 Å². The Labute approximate surface area is 168 Å². The van der Waals surface area contributed by atoms with Gasteiger partial charge in [0.25, 0.3) is 5.91 Å². The number of nitrogens with one attached hydrogen (secondary N) is 1. The van der Waals surface area contributed by atoms with Crippen LogP contribution in [0, 0.1) is 11.3 Å². The highest BCUT2D eigenvalue weighted by Gasteiger charge is 2.26. The summed E-state index contributed by atoms with van der Waals surface area (Å²) in [5, 5.41) is 11.6. The van der Waals surface area contributed by atoms with Gasteiger partial charge < -0.3 is 14.8 Å². The van der Waals surface area contributed by atoms with Gasteiger partial charge in [-0.05, 0) is 36.4 Å². The van der Waals surface area contributed by atoms with Crippen molar-refractivity contribution in [3.8, 4) is 11.8 Å². The van der Waals surface area contributed by atoms with Crippen LogP contribution in [0.3, 0.4) is 0 Å². The summed E-state index contributed by atoms with van der Waals surface area (Å²) in [7, 11) is 1.53. The summed E-state index contributed by atoms with van der Waals surface area (Å²) in [6.45, 7) is 0. The van der Waals surface area contributed by atoms with Crippen molar-refractivity contribution in [2.75, 3.05) is 12.4 Å². The summed E-state index contributed by atoms with van der Waals surface area (Å²) in [6.07, 6.45) is -1.15. The molecule has 3 rings (SSSR count). The number of anilines is 1. The number of amides is 1. The molecular weight excluding hydrogens is 368 g/mol. The standard InChI is InChI=1S/C23H18N2O4/c1-28-20-9-5-8-19(14-20)25-22(26)21(17-6-3-2-4-7-17)29-23(27)18-12-10-16(15-24)11-13-18/h2-14,21H,1H3,(H,25,26)/t21-/m0/s1. The molecule has 0 aliphatic heterocycles. The number of esters is 1. The smallest absolute Gasteiger partial charge is 0.339 e. The summed E-state index contributed by atoms with van der Waals surface area (Å²) in [4.78, 5) is 25.5. The van der Waals surface area contributed by atoms with Crippen molar-refractivity contribution in [1.82, 2.24) is 0 Å². The Morgan fingerprint density at radius 2 is 1.69 bits per heavy atom. The van der Waals surface area contributed by atoms with E-state index in [4.69, 9.17) is 14.7 Å². The van der Waals surface area contributed by atoms with Crippen LogP contribution >= 0.6 is 0 Å². The lowest BCUT2D eigenvalue weighted by atomic mass is 10.1. The molecule has 1 N–H and O–H groups in total. The average Bonchev–Trinajstić information content (AvgIpc) is 2.78. The Morgan fingerprint density at radius 1 is 0.966 bits per heavy atom. The number of ether oxygens (including phenoxy) is 2. The molecule has 1 atom stereocenters. The number of hydrogen-bond donors (Lipinski definition) is 1. The Morgan fingerprint density at radius 3 is 2.34 bits per heavy atom. The largest absolute Gasteiger partial charge is 0.497 e. The number of carbonyl (C=O) groups is 2. The molecule has 3 aromatic carbocycles. The van der Waals surface area contributed by atoms with Gasteiger partial charge in [-0.15, -0.1) is 0 Å². The Kier molecular flexibility index (Phi) is 6.23. The van der Waals surface area contributed by atoms with E-state index in [-0.39, 0.29) is 5.56 Å². The molecule has 0 radical (unpaired) electrons. The van der Waals surface area contributed by atoms with Gasteiger partial charge in [0.15, 0.2) is 0 Å². The van der Waals surface area contributed by atoms with Crippen LogP contribution in [0.1, 0.15) is 27.6 Å². The van der Waals surface area contributed by atoms with Crippen LogP contribution in [0.25, 0.3) is 0 Å². The fourth-order valence-electron chi connectivity index (χ4n) is 2.67. The number of nitrogens with zero attached hydrogens (tertiary/aromatic N) is 1. The lowest BCUT2D eigenvalue weighted by Crippen LogP contribution is -2.26. The maximum Gasteiger partial charge on any atom is 0.339 e. The van der Waals surface area contributed by atoms with Crippen LogP contribution in [0.5, 0.6) is 5.75 Å². The first kappa shape index (κ1) is 19.6. The second kappa shape index (κ2) is 9.20. The van der Waals surface area contributed by atoms with E-state index in [1.54, 1.807) is 48.5 Å². The van der Waals surface area contributed by atoms with E-state index in [1.165, 1.54) is 31.4 Å². The molecular formula is C23H18N2O4. The lowest BCUT2D eigenvalue weighted by Gasteiger charge is -2.18. The van der Waals surface area contributed by atoms with Gasteiger partial charge in [-0.25, -0.2) is 4.79 Å². The van der Waals surface area contributed by atoms with E-state index in [0.29, 0.717) is 22.6 Å². The van der Waals surface area contributed by atoms with Crippen molar-refractivity contribution < 1.29 is 19.1 Å². The third-order valence-electron chi connectivity index (χ3n) is 4.15. The van der Waals surface area contributed by atoms with Gasteiger partial charge in [0.2, 0.25) is 6.10 Å². The van der Waals surface area contributed by atoms with Crippen LogP contribution in [0.4, 0.5) is 5.69 Å². The number of carbonyl (C=O) groups excluding carboxylic acids is 2. The molecule has 0 saturated carbocycles. The van der Waals surface area contributed by atoms with Crippen LogP contribution in [0.15, 0.2) is 78.9 Å². The number of benzene rings is 3. The van der Waals surface area contributed by atoms with Gasteiger partial charge in [-0.1, -0.05) is 36.4 Å². The molecule has 0 fully saturated rings. The molecule has 0 spiro atoms. The van der Waals surface area contributed by atoms with E-state index < -0.39 is 18.0 Å². The minimum absolute atomic E-state index is 0.249. The molecule has 0 unspecified atom stereocenters. The van der Waals surface area contributed by atoms with Gasteiger partial charge in [-0.2, -0.15) is 5.26 Å². The average molecular weight is 386 g/mol. The summed E-state index contributed by atoms with van der Waals surface area (Å²) < 4.78 is 10.7. The van der Waals surface area contributed by atoms with Crippen LogP contribution < -0.4 is 10.1 Å². The molecule has 1 amide bonds. The molecule has 0 aliphatic rings. The molecule has 6 nitrogen and oxygen atoms in total. The van der Waals surface area contributed by atoms with Crippen LogP contribution in [-0.2, 0) is 9.53 Å². The van der Waals surface area contributed by atoms with Crippen molar-refractivity contribution in [2.24, 2.45) is 0 Å². The van der Waals surface area contributed by atoms with Crippen LogP contribution in [-0.4, -0.2) is 19.0 Å². The van der Waals surface area contributed by atoms with Gasteiger partial charge in [0.05, 0.1) is 24.3 Å². The van der Waals surface area contributed by atoms with Crippen molar-refractivity contribution >= 4 is 17.6 Å². The predicted octanol–water partition coefficient (Wildman–Crippen LogP) is 4.10.